The highest BCUT2D eigenvalue weighted by Gasteiger charge is 2.20. The van der Waals surface area contributed by atoms with Crippen LogP contribution < -0.4 is 11.1 Å². The molecule has 0 saturated heterocycles. The summed E-state index contributed by atoms with van der Waals surface area (Å²) in [4.78, 5) is 15.9. The molecule has 0 aliphatic heterocycles. The summed E-state index contributed by atoms with van der Waals surface area (Å²) in [6.07, 6.45) is 1.73. The molecule has 1 aromatic heterocycles. The van der Waals surface area contributed by atoms with Crippen molar-refractivity contribution in [2.45, 2.75) is 64.8 Å². The lowest BCUT2D eigenvalue weighted by atomic mass is 9.96. The Balaban J connectivity index is 0.00000400. The maximum atomic E-state index is 11.6. The van der Waals surface area contributed by atoms with Gasteiger partial charge in [0, 0.05) is 30.3 Å². The third-order valence-corrected chi connectivity index (χ3v) is 2.67. The molecule has 0 bridgehead atoms. The van der Waals surface area contributed by atoms with Gasteiger partial charge in [0.15, 0.2) is 5.82 Å². The largest absolute Gasteiger partial charge is 0.354 e. The van der Waals surface area contributed by atoms with Crippen molar-refractivity contribution >= 4 is 18.3 Å². The number of carbonyl (C=O) groups excluding carboxylic acids is 1. The van der Waals surface area contributed by atoms with Crippen LogP contribution in [-0.4, -0.2) is 28.1 Å². The molecule has 1 rings (SSSR count). The summed E-state index contributed by atoms with van der Waals surface area (Å²) in [5, 5.41) is 6.76. The highest BCUT2D eigenvalue weighted by atomic mass is 35.5. The van der Waals surface area contributed by atoms with Gasteiger partial charge in [-0.3, -0.25) is 4.79 Å². The Morgan fingerprint density at radius 3 is 2.38 bits per heavy atom. The van der Waals surface area contributed by atoms with Gasteiger partial charge in [-0.15, -0.1) is 12.4 Å². The molecule has 0 saturated carbocycles. The summed E-state index contributed by atoms with van der Waals surface area (Å²) in [5.41, 5.74) is 5.29. The van der Waals surface area contributed by atoms with Crippen LogP contribution in [0.5, 0.6) is 0 Å². The van der Waals surface area contributed by atoms with E-state index in [0.717, 1.165) is 0 Å². The van der Waals surface area contributed by atoms with Gasteiger partial charge in [-0.2, -0.15) is 4.98 Å². The second-order valence-corrected chi connectivity index (χ2v) is 6.88. The summed E-state index contributed by atoms with van der Waals surface area (Å²) in [6, 6.07) is 0. The number of hydrogen-bond acceptors (Lipinski definition) is 5. The lowest BCUT2D eigenvalue weighted by molar-refractivity contribution is -0.121. The molecule has 7 heteroatoms. The first kappa shape index (κ1) is 19.9. The van der Waals surface area contributed by atoms with Gasteiger partial charge in [-0.1, -0.05) is 25.9 Å². The Kier molecular flexibility index (Phi) is 7.33. The fourth-order valence-electron chi connectivity index (χ4n) is 1.48. The summed E-state index contributed by atoms with van der Waals surface area (Å²) in [6.45, 7) is 10.3. The molecule has 1 aromatic rings. The Bertz CT molecular complexity index is 447. The molecule has 0 spiro atoms. The number of nitrogens with zero attached hydrogens (tertiary/aromatic N) is 2. The predicted octanol–water partition coefficient (Wildman–Crippen LogP) is 1.97. The van der Waals surface area contributed by atoms with Gasteiger partial charge in [0.25, 0.3) is 0 Å². The highest BCUT2D eigenvalue weighted by Crippen LogP contribution is 2.18. The number of hydrogen-bond donors (Lipinski definition) is 2. The molecule has 1 heterocycles. The summed E-state index contributed by atoms with van der Waals surface area (Å²) < 4.78 is 5.17. The standard InChI is InChI=1S/C14H26N4O2.ClH/c1-13(2,3)12-17-11(20-18-12)8-6-7-10(19)16-9-14(4,5)15;/h6-9,15H2,1-5H3,(H,16,19);1H. The number of halogens is 1. The number of nitrogens with one attached hydrogen (secondary N) is 1. The molecule has 21 heavy (non-hydrogen) atoms. The molecular formula is C14H27ClN4O2. The maximum absolute atomic E-state index is 11.6. The van der Waals surface area contributed by atoms with Gasteiger partial charge in [0.05, 0.1) is 0 Å². The number of carbonyl (C=O) groups is 1. The van der Waals surface area contributed by atoms with E-state index < -0.39 is 0 Å². The van der Waals surface area contributed by atoms with Crippen LogP contribution in [0.2, 0.25) is 0 Å². The molecule has 1 amide bonds. The third kappa shape index (κ3) is 8.02. The van der Waals surface area contributed by atoms with Crippen LogP contribution in [0.4, 0.5) is 0 Å². The van der Waals surface area contributed by atoms with Gasteiger partial charge in [0.2, 0.25) is 11.8 Å². The van der Waals surface area contributed by atoms with Crippen LogP contribution in [0, 0.1) is 0 Å². The molecular weight excluding hydrogens is 292 g/mol. The molecule has 0 aromatic carbocycles. The van der Waals surface area contributed by atoms with Gasteiger partial charge in [-0.05, 0) is 20.3 Å². The predicted molar refractivity (Wildman–Crippen MR) is 84.5 cm³/mol. The van der Waals surface area contributed by atoms with Crippen LogP contribution in [-0.2, 0) is 16.6 Å². The van der Waals surface area contributed by atoms with Crippen molar-refractivity contribution in [3.05, 3.63) is 11.7 Å². The quantitative estimate of drug-likeness (QED) is 0.836. The van der Waals surface area contributed by atoms with Crippen molar-refractivity contribution in [1.82, 2.24) is 15.5 Å². The average Bonchev–Trinajstić information content (AvgIpc) is 2.74. The molecule has 0 radical (unpaired) electrons. The molecule has 0 unspecified atom stereocenters. The van der Waals surface area contributed by atoms with Crippen LogP contribution in [0.25, 0.3) is 0 Å². The second kappa shape index (κ2) is 7.75. The molecule has 0 fully saturated rings. The van der Waals surface area contributed by atoms with Crippen LogP contribution in [0.15, 0.2) is 4.52 Å². The zero-order chi connectivity index (χ0) is 15.4. The number of aromatic nitrogens is 2. The van der Waals surface area contributed by atoms with Gasteiger partial charge >= 0.3 is 0 Å². The van der Waals surface area contributed by atoms with E-state index in [1.54, 1.807) is 0 Å². The lowest BCUT2D eigenvalue weighted by Crippen LogP contribution is -2.45. The minimum absolute atomic E-state index is 0. The van der Waals surface area contributed by atoms with Crippen molar-refractivity contribution in [2.24, 2.45) is 5.73 Å². The lowest BCUT2D eigenvalue weighted by Gasteiger charge is -2.18. The average molecular weight is 319 g/mol. The van der Waals surface area contributed by atoms with Crippen molar-refractivity contribution in [1.29, 1.82) is 0 Å². The first-order valence-electron chi connectivity index (χ1n) is 6.96. The fraction of sp³-hybridized carbons (Fsp3) is 0.786. The van der Waals surface area contributed by atoms with Gasteiger partial charge < -0.3 is 15.6 Å². The highest BCUT2D eigenvalue weighted by molar-refractivity contribution is 5.85. The Hall–Kier alpha value is -1.14. The Morgan fingerprint density at radius 1 is 1.29 bits per heavy atom. The molecule has 122 valence electrons. The minimum atomic E-state index is -0.385. The van der Waals surface area contributed by atoms with Crippen molar-refractivity contribution in [3.63, 3.8) is 0 Å². The molecule has 0 aliphatic rings. The smallest absolute Gasteiger partial charge is 0.226 e. The van der Waals surface area contributed by atoms with Crippen molar-refractivity contribution in [3.8, 4) is 0 Å². The Morgan fingerprint density at radius 2 is 1.90 bits per heavy atom. The number of amides is 1. The fourth-order valence-corrected chi connectivity index (χ4v) is 1.48. The van der Waals surface area contributed by atoms with Crippen molar-refractivity contribution < 1.29 is 9.32 Å². The number of nitrogens with two attached hydrogens (primary N) is 1. The molecule has 6 nitrogen and oxygen atoms in total. The summed E-state index contributed by atoms with van der Waals surface area (Å²) in [7, 11) is 0. The van der Waals surface area contributed by atoms with E-state index in [4.69, 9.17) is 10.3 Å². The monoisotopic (exact) mass is 318 g/mol. The van der Waals surface area contributed by atoms with E-state index in [1.165, 1.54) is 0 Å². The van der Waals surface area contributed by atoms with Crippen molar-refractivity contribution in [2.75, 3.05) is 6.54 Å². The van der Waals surface area contributed by atoms with E-state index >= 15 is 0 Å². The third-order valence-electron chi connectivity index (χ3n) is 2.67. The van der Waals surface area contributed by atoms with E-state index in [-0.39, 0.29) is 29.3 Å². The van der Waals surface area contributed by atoms with Gasteiger partial charge in [-0.25, -0.2) is 0 Å². The zero-order valence-corrected chi connectivity index (χ0v) is 14.3. The first-order chi connectivity index (χ1) is 9.08. The molecule has 0 aliphatic carbocycles. The second-order valence-electron chi connectivity index (χ2n) is 6.88. The minimum Gasteiger partial charge on any atom is -0.354 e. The van der Waals surface area contributed by atoms with E-state index in [9.17, 15) is 4.79 Å². The SMILES string of the molecule is CC(C)(N)CNC(=O)CCCc1nc(C(C)(C)C)no1.Cl. The maximum Gasteiger partial charge on any atom is 0.226 e. The summed E-state index contributed by atoms with van der Waals surface area (Å²) in [5.74, 6) is 1.28. The van der Waals surface area contributed by atoms with Crippen LogP contribution >= 0.6 is 12.4 Å². The van der Waals surface area contributed by atoms with E-state index in [0.29, 0.717) is 37.5 Å². The van der Waals surface area contributed by atoms with E-state index in [2.05, 4.69) is 15.5 Å². The number of aryl methyl sites for hydroxylation is 1. The normalized spacial score (nSPS) is 11.9. The van der Waals surface area contributed by atoms with Crippen LogP contribution in [0.1, 0.15) is 59.2 Å². The first-order valence-corrected chi connectivity index (χ1v) is 6.96. The van der Waals surface area contributed by atoms with Gasteiger partial charge in [0.1, 0.15) is 0 Å². The molecule has 3 N–H and O–H groups in total. The number of rotatable bonds is 6. The Labute approximate surface area is 132 Å². The topological polar surface area (TPSA) is 94.0 Å². The molecule has 0 atom stereocenters. The summed E-state index contributed by atoms with van der Waals surface area (Å²) >= 11 is 0. The van der Waals surface area contributed by atoms with Crippen LogP contribution in [0.3, 0.4) is 0 Å². The van der Waals surface area contributed by atoms with E-state index in [1.807, 2.05) is 34.6 Å². The zero-order valence-electron chi connectivity index (χ0n) is 13.5.